The standard InChI is InChI=1S/C17H23N2O4PS/c1-10(2)22-24(21,23-11(3)4)16-15(12(5)20)25-17-18-13-8-6-7-9-14(13)19(16)17/h6-11,15-16H,1-5H3/t15-,16-/m1/s1. The average molecular weight is 382 g/mol. The number of rotatable bonds is 6. The number of imidazole rings is 1. The van der Waals surface area contributed by atoms with Crippen LogP contribution in [0.2, 0.25) is 0 Å². The molecule has 1 aliphatic rings. The van der Waals surface area contributed by atoms with Crippen LogP contribution in [0, 0.1) is 0 Å². The van der Waals surface area contributed by atoms with Gasteiger partial charge in [-0.15, -0.1) is 0 Å². The summed E-state index contributed by atoms with van der Waals surface area (Å²) >= 11 is 1.33. The van der Waals surface area contributed by atoms with Crippen LogP contribution in [0.25, 0.3) is 11.0 Å². The van der Waals surface area contributed by atoms with Gasteiger partial charge in [0.15, 0.2) is 10.9 Å². The van der Waals surface area contributed by atoms with Crippen molar-refractivity contribution < 1.29 is 18.4 Å². The van der Waals surface area contributed by atoms with Gasteiger partial charge in [0, 0.05) is 0 Å². The summed E-state index contributed by atoms with van der Waals surface area (Å²) < 4.78 is 27.3. The molecule has 2 atom stereocenters. The molecule has 2 aromatic rings. The maximum atomic E-state index is 13.8. The molecule has 8 heteroatoms. The topological polar surface area (TPSA) is 70.4 Å². The summed E-state index contributed by atoms with van der Waals surface area (Å²) in [5.74, 6) is -0.785. The van der Waals surface area contributed by atoms with E-state index < -0.39 is 18.6 Å². The van der Waals surface area contributed by atoms with Gasteiger partial charge in [-0.1, -0.05) is 23.9 Å². The molecule has 0 fully saturated rings. The lowest BCUT2D eigenvalue weighted by Crippen LogP contribution is -2.26. The Morgan fingerprint density at radius 2 is 1.80 bits per heavy atom. The van der Waals surface area contributed by atoms with Crippen LogP contribution in [0.1, 0.15) is 40.4 Å². The van der Waals surface area contributed by atoms with E-state index in [0.29, 0.717) is 5.16 Å². The largest absolute Gasteiger partial charge is 0.355 e. The van der Waals surface area contributed by atoms with Crippen LogP contribution in [-0.2, 0) is 18.4 Å². The molecule has 0 saturated heterocycles. The molecule has 0 aliphatic carbocycles. The number of aromatic nitrogens is 2. The summed E-state index contributed by atoms with van der Waals surface area (Å²) in [6.45, 7) is 8.76. The minimum Gasteiger partial charge on any atom is -0.304 e. The van der Waals surface area contributed by atoms with Gasteiger partial charge in [0.05, 0.1) is 23.2 Å². The molecule has 1 aromatic heterocycles. The Labute approximate surface area is 151 Å². The van der Waals surface area contributed by atoms with E-state index in [-0.39, 0.29) is 18.0 Å². The number of ketones is 1. The van der Waals surface area contributed by atoms with Gasteiger partial charge in [0.25, 0.3) is 0 Å². The second-order valence-corrected chi connectivity index (χ2v) is 9.80. The fourth-order valence-electron chi connectivity index (χ4n) is 3.01. The third kappa shape index (κ3) is 3.43. The molecule has 0 bridgehead atoms. The van der Waals surface area contributed by atoms with Gasteiger partial charge >= 0.3 is 7.60 Å². The van der Waals surface area contributed by atoms with Gasteiger partial charge in [-0.3, -0.25) is 9.36 Å². The highest BCUT2D eigenvalue weighted by atomic mass is 32.2. The normalized spacial score (nSPS) is 20.6. The predicted octanol–water partition coefficient (Wildman–Crippen LogP) is 4.64. The summed E-state index contributed by atoms with van der Waals surface area (Å²) in [5, 5.41) is 0.127. The molecule has 0 N–H and O–H groups in total. The van der Waals surface area contributed by atoms with Crippen LogP contribution < -0.4 is 0 Å². The molecule has 3 rings (SSSR count). The summed E-state index contributed by atoms with van der Waals surface area (Å²) in [4.78, 5) is 16.9. The van der Waals surface area contributed by atoms with E-state index in [9.17, 15) is 9.36 Å². The number of benzene rings is 1. The quantitative estimate of drug-likeness (QED) is 0.678. The zero-order valence-corrected chi connectivity index (χ0v) is 16.7. The molecule has 136 valence electrons. The Morgan fingerprint density at radius 1 is 1.20 bits per heavy atom. The first-order chi connectivity index (χ1) is 11.7. The predicted molar refractivity (Wildman–Crippen MR) is 99.1 cm³/mol. The van der Waals surface area contributed by atoms with Gasteiger partial charge in [-0.2, -0.15) is 0 Å². The maximum absolute atomic E-state index is 13.8. The Balaban J connectivity index is 2.19. The number of fused-ring (bicyclic) bond motifs is 3. The van der Waals surface area contributed by atoms with Crippen LogP contribution in [0.4, 0.5) is 0 Å². The summed E-state index contributed by atoms with van der Waals surface area (Å²) in [6.07, 6.45) is -0.581. The molecule has 1 aliphatic heterocycles. The van der Waals surface area contributed by atoms with Crippen molar-refractivity contribution in [1.82, 2.24) is 9.55 Å². The molecule has 6 nitrogen and oxygen atoms in total. The Morgan fingerprint density at radius 3 is 2.36 bits per heavy atom. The summed E-state index contributed by atoms with van der Waals surface area (Å²) in [5.41, 5.74) is 1.64. The number of hydrogen-bond donors (Lipinski definition) is 0. The van der Waals surface area contributed by atoms with E-state index in [1.165, 1.54) is 18.7 Å². The molecule has 2 heterocycles. The highest BCUT2D eigenvalue weighted by Crippen LogP contribution is 2.67. The Kier molecular flexibility index (Phi) is 5.13. The monoisotopic (exact) mass is 382 g/mol. The lowest BCUT2D eigenvalue weighted by atomic mass is 10.3. The second kappa shape index (κ2) is 6.88. The van der Waals surface area contributed by atoms with Crippen molar-refractivity contribution in [2.75, 3.05) is 0 Å². The highest BCUT2D eigenvalue weighted by Gasteiger charge is 2.52. The minimum absolute atomic E-state index is 0.0653. The first kappa shape index (κ1) is 18.6. The van der Waals surface area contributed by atoms with Crippen molar-refractivity contribution in [3.05, 3.63) is 24.3 Å². The van der Waals surface area contributed by atoms with Gasteiger partial charge in [0.2, 0.25) is 0 Å². The van der Waals surface area contributed by atoms with Crippen molar-refractivity contribution in [2.24, 2.45) is 0 Å². The summed E-state index contributed by atoms with van der Waals surface area (Å²) in [7, 11) is -3.61. The lowest BCUT2D eigenvalue weighted by molar-refractivity contribution is -0.116. The van der Waals surface area contributed by atoms with E-state index in [1.54, 1.807) is 0 Å². The highest BCUT2D eigenvalue weighted by molar-refractivity contribution is 8.01. The number of thioether (sulfide) groups is 1. The van der Waals surface area contributed by atoms with E-state index in [2.05, 4.69) is 4.98 Å². The van der Waals surface area contributed by atoms with Crippen LogP contribution in [-0.4, -0.2) is 32.8 Å². The Bertz CT molecular complexity index is 834. The fraction of sp³-hybridized carbons (Fsp3) is 0.529. The first-order valence-corrected chi connectivity index (χ1v) is 10.8. The van der Waals surface area contributed by atoms with Crippen LogP contribution in [0.15, 0.2) is 29.4 Å². The van der Waals surface area contributed by atoms with Crippen molar-refractivity contribution in [3.8, 4) is 0 Å². The number of hydrogen-bond acceptors (Lipinski definition) is 6. The van der Waals surface area contributed by atoms with E-state index in [1.807, 2.05) is 56.5 Å². The molecular formula is C17H23N2O4PS. The maximum Gasteiger partial charge on any atom is 0.355 e. The van der Waals surface area contributed by atoms with Gasteiger partial charge < -0.3 is 13.6 Å². The number of carbonyl (C=O) groups is 1. The van der Waals surface area contributed by atoms with E-state index in [4.69, 9.17) is 9.05 Å². The van der Waals surface area contributed by atoms with E-state index >= 15 is 0 Å². The fourth-order valence-corrected chi connectivity index (χ4v) is 7.36. The minimum atomic E-state index is -3.61. The van der Waals surface area contributed by atoms with Gasteiger partial charge in [0.1, 0.15) is 11.0 Å². The van der Waals surface area contributed by atoms with Crippen molar-refractivity contribution in [2.45, 2.75) is 63.0 Å². The van der Waals surface area contributed by atoms with Gasteiger partial charge in [-0.05, 0) is 46.8 Å². The summed E-state index contributed by atoms with van der Waals surface area (Å²) in [6, 6.07) is 7.62. The molecule has 25 heavy (non-hydrogen) atoms. The van der Waals surface area contributed by atoms with Gasteiger partial charge in [-0.25, -0.2) is 4.98 Å². The van der Waals surface area contributed by atoms with Crippen LogP contribution >= 0.6 is 19.4 Å². The van der Waals surface area contributed by atoms with Crippen molar-refractivity contribution >= 4 is 36.2 Å². The van der Waals surface area contributed by atoms with Crippen molar-refractivity contribution in [3.63, 3.8) is 0 Å². The van der Waals surface area contributed by atoms with Crippen LogP contribution in [0.5, 0.6) is 0 Å². The molecule has 0 spiro atoms. The molecular weight excluding hydrogens is 359 g/mol. The molecule has 0 amide bonds. The SMILES string of the molecule is CC(=O)[C@H]1Sc2nc3ccccc3n2[C@@H]1P(=O)(OC(C)C)OC(C)C. The third-order valence-electron chi connectivity index (χ3n) is 3.77. The van der Waals surface area contributed by atoms with Crippen molar-refractivity contribution in [1.29, 1.82) is 0 Å². The first-order valence-electron chi connectivity index (χ1n) is 8.33. The Hall–Kier alpha value is -1.14. The zero-order valence-electron chi connectivity index (χ0n) is 15.0. The lowest BCUT2D eigenvalue weighted by Gasteiger charge is -2.30. The molecule has 1 aromatic carbocycles. The number of para-hydroxylation sites is 2. The number of carbonyl (C=O) groups excluding carboxylic acids is 1. The van der Waals surface area contributed by atoms with E-state index in [0.717, 1.165) is 11.0 Å². The number of Topliss-reactive ketones (excluding diaryl/α,β-unsaturated/α-hetero) is 1. The molecule has 0 unspecified atom stereocenters. The zero-order chi connectivity index (χ0) is 18.4. The molecule has 0 saturated carbocycles. The van der Waals surface area contributed by atoms with Crippen LogP contribution in [0.3, 0.4) is 0 Å². The smallest absolute Gasteiger partial charge is 0.304 e. The molecule has 0 radical (unpaired) electrons. The third-order valence-corrected chi connectivity index (χ3v) is 7.92. The number of nitrogens with zero attached hydrogens (tertiary/aromatic N) is 2. The average Bonchev–Trinajstić information content (AvgIpc) is 3.00. The second-order valence-electron chi connectivity index (χ2n) is 6.66.